The molecule has 1 N–H and O–H groups in total. The Morgan fingerprint density at radius 2 is 2.00 bits per heavy atom. The van der Waals surface area contributed by atoms with Crippen LogP contribution in [0.1, 0.15) is 43.7 Å². The highest BCUT2D eigenvalue weighted by atomic mass is 16.5. The molecule has 1 saturated carbocycles. The quantitative estimate of drug-likeness (QED) is 0.870. The van der Waals surface area contributed by atoms with Crippen LogP contribution in [0.2, 0.25) is 0 Å². The minimum atomic E-state index is -0.0824. The third-order valence-corrected chi connectivity index (χ3v) is 4.70. The maximum absolute atomic E-state index is 12.5. The summed E-state index contributed by atoms with van der Waals surface area (Å²) in [4.78, 5) is 12.5. The van der Waals surface area contributed by atoms with Crippen LogP contribution < -0.4 is 14.8 Å². The number of nitrogens with one attached hydrogen (secondary N) is 1. The fraction of sp³-hybridized carbons (Fsp3) is 0.474. The summed E-state index contributed by atoms with van der Waals surface area (Å²) in [5, 5.41) is 7.41. The van der Waals surface area contributed by atoms with Gasteiger partial charge in [-0.25, -0.2) is 4.68 Å². The van der Waals surface area contributed by atoms with Crippen molar-refractivity contribution in [3.8, 4) is 11.5 Å². The van der Waals surface area contributed by atoms with E-state index in [1.54, 1.807) is 26.5 Å². The van der Waals surface area contributed by atoms with Gasteiger partial charge in [0, 0.05) is 17.7 Å². The first kappa shape index (κ1) is 17.3. The van der Waals surface area contributed by atoms with E-state index in [-0.39, 0.29) is 12.3 Å². The van der Waals surface area contributed by atoms with Gasteiger partial charge in [-0.3, -0.25) is 4.79 Å². The van der Waals surface area contributed by atoms with Gasteiger partial charge in [0.15, 0.2) is 0 Å². The summed E-state index contributed by atoms with van der Waals surface area (Å²) in [5.41, 5.74) is 0.824. The van der Waals surface area contributed by atoms with E-state index in [9.17, 15) is 4.79 Å². The Morgan fingerprint density at radius 1 is 1.20 bits per heavy atom. The van der Waals surface area contributed by atoms with Crippen molar-refractivity contribution in [1.82, 2.24) is 9.78 Å². The Hall–Kier alpha value is -2.50. The molecule has 1 heterocycles. The van der Waals surface area contributed by atoms with E-state index in [0.717, 1.165) is 24.2 Å². The van der Waals surface area contributed by atoms with Crippen molar-refractivity contribution in [2.75, 3.05) is 19.5 Å². The van der Waals surface area contributed by atoms with E-state index in [0.29, 0.717) is 17.5 Å². The Balaban J connectivity index is 1.68. The molecule has 1 fully saturated rings. The van der Waals surface area contributed by atoms with E-state index < -0.39 is 0 Å². The Morgan fingerprint density at radius 3 is 2.72 bits per heavy atom. The van der Waals surface area contributed by atoms with Crippen molar-refractivity contribution >= 4 is 11.7 Å². The number of hydrogen-bond donors (Lipinski definition) is 1. The molecular formula is C19H25N3O3. The average molecular weight is 343 g/mol. The average Bonchev–Trinajstić information content (AvgIpc) is 3.10. The Kier molecular flexibility index (Phi) is 5.58. The van der Waals surface area contributed by atoms with Crippen molar-refractivity contribution < 1.29 is 14.3 Å². The summed E-state index contributed by atoms with van der Waals surface area (Å²) in [5.74, 6) is 2.04. The van der Waals surface area contributed by atoms with Crippen LogP contribution in [0.5, 0.6) is 11.5 Å². The minimum absolute atomic E-state index is 0.0824. The van der Waals surface area contributed by atoms with Gasteiger partial charge in [0.2, 0.25) is 5.91 Å². The number of benzene rings is 1. The van der Waals surface area contributed by atoms with Crippen molar-refractivity contribution in [3.63, 3.8) is 0 Å². The molecule has 0 radical (unpaired) electrons. The van der Waals surface area contributed by atoms with Gasteiger partial charge in [-0.05, 0) is 18.9 Å². The lowest BCUT2D eigenvalue weighted by Gasteiger charge is -2.24. The standard InChI is InChI=1S/C19H25N3O3/c1-24-16-9-8-14(17(13-16)25-2)12-19(23)21-18-10-11-20-22(18)15-6-4-3-5-7-15/h8-11,13,15H,3-7,12H2,1-2H3,(H,21,23). The van der Waals surface area contributed by atoms with E-state index in [2.05, 4.69) is 10.4 Å². The predicted molar refractivity (Wildman–Crippen MR) is 96.2 cm³/mol. The van der Waals surface area contributed by atoms with Crippen molar-refractivity contribution in [2.45, 2.75) is 44.6 Å². The van der Waals surface area contributed by atoms with Crippen LogP contribution in [0.25, 0.3) is 0 Å². The van der Waals surface area contributed by atoms with Gasteiger partial charge in [0.25, 0.3) is 0 Å². The molecule has 0 bridgehead atoms. The fourth-order valence-electron chi connectivity index (χ4n) is 3.39. The molecule has 2 aromatic rings. The lowest BCUT2D eigenvalue weighted by Crippen LogP contribution is -2.21. The van der Waals surface area contributed by atoms with E-state index in [1.165, 1.54) is 19.3 Å². The zero-order chi connectivity index (χ0) is 17.6. The summed E-state index contributed by atoms with van der Waals surface area (Å²) < 4.78 is 12.5. The molecule has 0 aliphatic heterocycles. The maximum atomic E-state index is 12.5. The molecule has 1 amide bonds. The summed E-state index contributed by atoms with van der Waals surface area (Å²) in [6, 6.07) is 7.72. The van der Waals surface area contributed by atoms with Crippen LogP contribution in [0.3, 0.4) is 0 Å². The highest BCUT2D eigenvalue weighted by Gasteiger charge is 2.19. The lowest BCUT2D eigenvalue weighted by atomic mass is 9.96. The summed E-state index contributed by atoms with van der Waals surface area (Å²) in [6.45, 7) is 0. The van der Waals surface area contributed by atoms with E-state index in [4.69, 9.17) is 9.47 Å². The number of carbonyl (C=O) groups is 1. The number of methoxy groups -OCH3 is 2. The van der Waals surface area contributed by atoms with Crippen LogP contribution in [0, 0.1) is 0 Å². The first-order valence-corrected chi connectivity index (χ1v) is 8.75. The second-order valence-corrected chi connectivity index (χ2v) is 6.36. The second-order valence-electron chi connectivity index (χ2n) is 6.36. The largest absolute Gasteiger partial charge is 0.497 e. The van der Waals surface area contributed by atoms with Gasteiger partial charge < -0.3 is 14.8 Å². The molecule has 134 valence electrons. The number of aromatic nitrogens is 2. The first-order chi connectivity index (χ1) is 12.2. The molecule has 0 spiro atoms. The van der Waals surface area contributed by atoms with E-state index in [1.807, 2.05) is 22.9 Å². The fourth-order valence-corrected chi connectivity index (χ4v) is 3.39. The number of hydrogen-bond acceptors (Lipinski definition) is 4. The Labute approximate surface area is 148 Å². The molecule has 6 heteroatoms. The summed E-state index contributed by atoms with van der Waals surface area (Å²) in [6.07, 6.45) is 7.97. The van der Waals surface area contributed by atoms with Crippen molar-refractivity contribution in [1.29, 1.82) is 0 Å². The number of rotatable bonds is 6. The third-order valence-electron chi connectivity index (χ3n) is 4.70. The Bertz CT molecular complexity index is 720. The van der Waals surface area contributed by atoms with Gasteiger partial charge in [-0.15, -0.1) is 0 Å². The smallest absolute Gasteiger partial charge is 0.230 e. The molecule has 1 aromatic heterocycles. The first-order valence-electron chi connectivity index (χ1n) is 8.75. The minimum Gasteiger partial charge on any atom is -0.497 e. The zero-order valence-corrected chi connectivity index (χ0v) is 14.8. The molecule has 0 atom stereocenters. The van der Waals surface area contributed by atoms with E-state index >= 15 is 0 Å². The number of anilines is 1. The number of carbonyl (C=O) groups excluding carboxylic acids is 1. The molecule has 6 nitrogen and oxygen atoms in total. The second kappa shape index (κ2) is 8.05. The monoisotopic (exact) mass is 343 g/mol. The predicted octanol–water partition coefficient (Wildman–Crippen LogP) is 3.59. The molecule has 3 rings (SSSR count). The highest BCUT2D eigenvalue weighted by molar-refractivity contribution is 5.91. The third kappa shape index (κ3) is 4.13. The molecule has 0 unspecified atom stereocenters. The van der Waals surface area contributed by atoms with Crippen molar-refractivity contribution in [2.24, 2.45) is 0 Å². The molecule has 1 aromatic carbocycles. The maximum Gasteiger partial charge on any atom is 0.230 e. The number of nitrogens with zero attached hydrogens (tertiary/aromatic N) is 2. The molecule has 1 aliphatic rings. The SMILES string of the molecule is COc1ccc(CC(=O)Nc2ccnn2C2CCCCC2)c(OC)c1. The topological polar surface area (TPSA) is 65.4 Å². The summed E-state index contributed by atoms with van der Waals surface area (Å²) in [7, 11) is 3.20. The van der Waals surface area contributed by atoms with Crippen LogP contribution >= 0.6 is 0 Å². The molecular weight excluding hydrogens is 318 g/mol. The molecule has 1 aliphatic carbocycles. The zero-order valence-electron chi connectivity index (χ0n) is 14.8. The van der Waals surface area contributed by atoms with Gasteiger partial charge in [-0.1, -0.05) is 25.3 Å². The van der Waals surface area contributed by atoms with Crippen LogP contribution in [0.15, 0.2) is 30.5 Å². The lowest BCUT2D eigenvalue weighted by molar-refractivity contribution is -0.115. The summed E-state index contributed by atoms with van der Waals surface area (Å²) >= 11 is 0. The molecule has 0 saturated heterocycles. The van der Waals surface area contributed by atoms with Crippen LogP contribution in [-0.4, -0.2) is 29.9 Å². The highest BCUT2D eigenvalue weighted by Crippen LogP contribution is 2.30. The van der Waals surface area contributed by atoms with Crippen LogP contribution in [-0.2, 0) is 11.2 Å². The van der Waals surface area contributed by atoms with Crippen LogP contribution in [0.4, 0.5) is 5.82 Å². The molecule has 25 heavy (non-hydrogen) atoms. The number of amides is 1. The van der Waals surface area contributed by atoms with Gasteiger partial charge in [0.05, 0.1) is 32.9 Å². The number of ether oxygens (including phenoxy) is 2. The van der Waals surface area contributed by atoms with Gasteiger partial charge in [-0.2, -0.15) is 5.10 Å². The van der Waals surface area contributed by atoms with Crippen molar-refractivity contribution in [3.05, 3.63) is 36.0 Å². The van der Waals surface area contributed by atoms with Gasteiger partial charge >= 0.3 is 0 Å². The normalized spacial score (nSPS) is 15.0. The van der Waals surface area contributed by atoms with Gasteiger partial charge in [0.1, 0.15) is 17.3 Å².